The second-order valence-electron chi connectivity index (χ2n) is 4.15. The minimum Gasteiger partial charge on any atom is -0.492 e. The van der Waals surface area contributed by atoms with Gasteiger partial charge in [-0.25, -0.2) is 4.98 Å². The fourth-order valence-corrected chi connectivity index (χ4v) is 2.37. The monoisotopic (exact) mass is 276 g/mol. The van der Waals surface area contributed by atoms with Gasteiger partial charge >= 0.3 is 0 Å². The summed E-state index contributed by atoms with van der Waals surface area (Å²) in [6.45, 7) is 4.40. The van der Waals surface area contributed by atoms with Gasteiger partial charge in [0, 0.05) is 17.5 Å². The molecule has 0 saturated heterocycles. The van der Waals surface area contributed by atoms with Gasteiger partial charge in [0.2, 0.25) is 0 Å². The van der Waals surface area contributed by atoms with Crippen molar-refractivity contribution in [1.29, 1.82) is 0 Å². The SMILES string of the molecule is Cc1cc(=O)[nH]c(SCCOc2ccccc2C)n1. The Morgan fingerprint density at radius 3 is 2.84 bits per heavy atom. The minimum atomic E-state index is -0.116. The third kappa shape index (κ3) is 4.13. The zero-order valence-corrected chi connectivity index (χ0v) is 11.8. The largest absolute Gasteiger partial charge is 0.492 e. The molecule has 0 amide bonds. The molecule has 0 bridgehead atoms. The standard InChI is InChI=1S/C14H16N2O2S/c1-10-5-3-4-6-12(10)18-7-8-19-14-15-11(2)9-13(17)16-14/h3-6,9H,7-8H2,1-2H3,(H,15,16,17). The van der Waals surface area contributed by atoms with Crippen molar-refractivity contribution in [2.45, 2.75) is 19.0 Å². The first-order valence-corrected chi connectivity index (χ1v) is 7.03. The zero-order chi connectivity index (χ0) is 13.7. The molecule has 0 atom stereocenters. The molecule has 1 aromatic heterocycles. The molecule has 2 rings (SSSR count). The number of thioether (sulfide) groups is 1. The molecule has 0 unspecified atom stereocenters. The maximum atomic E-state index is 11.3. The van der Waals surface area contributed by atoms with E-state index in [1.165, 1.54) is 17.8 Å². The molecule has 0 aliphatic rings. The van der Waals surface area contributed by atoms with Crippen molar-refractivity contribution in [2.24, 2.45) is 0 Å². The number of para-hydroxylation sites is 1. The number of nitrogens with zero attached hydrogens (tertiary/aromatic N) is 1. The highest BCUT2D eigenvalue weighted by molar-refractivity contribution is 7.99. The van der Waals surface area contributed by atoms with Crippen LogP contribution in [0, 0.1) is 13.8 Å². The van der Waals surface area contributed by atoms with E-state index in [4.69, 9.17) is 4.74 Å². The van der Waals surface area contributed by atoms with Gasteiger partial charge < -0.3 is 9.72 Å². The quantitative estimate of drug-likeness (QED) is 0.518. The van der Waals surface area contributed by atoms with Crippen LogP contribution >= 0.6 is 11.8 Å². The second kappa shape index (κ2) is 6.43. The van der Waals surface area contributed by atoms with E-state index in [1.807, 2.05) is 38.1 Å². The van der Waals surface area contributed by atoms with Crippen LogP contribution in [0.25, 0.3) is 0 Å². The summed E-state index contributed by atoms with van der Waals surface area (Å²) in [5, 5.41) is 0.637. The lowest BCUT2D eigenvalue weighted by atomic mass is 10.2. The molecule has 19 heavy (non-hydrogen) atoms. The summed E-state index contributed by atoms with van der Waals surface area (Å²) in [4.78, 5) is 18.2. The lowest BCUT2D eigenvalue weighted by Crippen LogP contribution is -2.09. The van der Waals surface area contributed by atoms with Crippen LogP contribution in [0.15, 0.2) is 40.3 Å². The molecular weight excluding hydrogens is 260 g/mol. The number of hydrogen-bond acceptors (Lipinski definition) is 4. The predicted octanol–water partition coefficient (Wildman–Crippen LogP) is 2.56. The van der Waals surface area contributed by atoms with E-state index in [0.29, 0.717) is 11.8 Å². The molecule has 4 nitrogen and oxygen atoms in total. The number of hydrogen-bond donors (Lipinski definition) is 1. The highest BCUT2D eigenvalue weighted by atomic mass is 32.2. The molecule has 0 spiro atoms. The van der Waals surface area contributed by atoms with Crippen LogP contribution in [-0.4, -0.2) is 22.3 Å². The lowest BCUT2D eigenvalue weighted by molar-refractivity contribution is 0.341. The molecule has 1 N–H and O–H groups in total. The molecule has 0 aliphatic heterocycles. The van der Waals surface area contributed by atoms with E-state index in [-0.39, 0.29) is 5.56 Å². The number of ether oxygens (including phenoxy) is 1. The first-order chi connectivity index (χ1) is 9.15. The second-order valence-corrected chi connectivity index (χ2v) is 5.24. The smallest absolute Gasteiger partial charge is 0.251 e. The van der Waals surface area contributed by atoms with E-state index < -0.39 is 0 Å². The number of benzene rings is 1. The highest BCUT2D eigenvalue weighted by Crippen LogP contribution is 2.17. The van der Waals surface area contributed by atoms with Crippen molar-refractivity contribution in [3.05, 3.63) is 51.9 Å². The zero-order valence-electron chi connectivity index (χ0n) is 11.0. The summed E-state index contributed by atoms with van der Waals surface area (Å²) in [6.07, 6.45) is 0. The Morgan fingerprint density at radius 1 is 1.32 bits per heavy atom. The Bertz CT molecular complexity index is 610. The average molecular weight is 276 g/mol. The number of aromatic amines is 1. The number of rotatable bonds is 5. The number of H-pyrrole nitrogens is 1. The predicted molar refractivity (Wildman–Crippen MR) is 77.0 cm³/mol. The lowest BCUT2D eigenvalue weighted by Gasteiger charge is -2.08. The molecule has 100 valence electrons. The summed E-state index contributed by atoms with van der Waals surface area (Å²) < 4.78 is 5.68. The number of aryl methyl sites for hydroxylation is 2. The van der Waals surface area contributed by atoms with Gasteiger partial charge in [-0.2, -0.15) is 0 Å². The third-order valence-electron chi connectivity index (χ3n) is 2.52. The van der Waals surface area contributed by atoms with Gasteiger partial charge in [-0.1, -0.05) is 30.0 Å². The third-order valence-corrected chi connectivity index (χ3v) is 3.36. The number of aromatic nitrogens is 2. The Hall–Kier alpha value is -1.75. The van der Waals surface area contributed by atoms with Crippen molar-refractivity contribution in [3.63, 3.8) is 0 Å². The van der Waals surface area contributed by atoms with Crippen molar-refractivity contribution in [3.8, 4) is 5.75 Å². The molecule has 5 heteroatoms. The van der Waals surface area contributed by atoms with E-state index in [2.05, 4.69) is 9.97 Å². The van der Waals surface area contributed by atoms with Gasteiger partial charge in [0.1, 0.15) is 5.75 Å². The first kappa shape index (κ1) is 13.7. The van der Waals surface area contributed by atoms with E-state index in [0.717, 1.165) is 22.8 Å². The van der Waals surface area contributed by atoms with Gasteiger partial charge in [-0.3, -0.25) is 4.79 Å². The van der Waals surface area contributed by atoms with Gasteiger partial charge in [0.15, 0.2) is 5.16 Å². The van der Waals surface area contributed by atoms with Crippen LogP contribution in [0.1, 0.15) is 11.3 Å². The Morgan fingerprint density at radius 2 is 2.11 bits per heavy atom. The summed E-state index contributed by atoms with van der Waals surface area (Å²) in [7, 11) is 0. The van der Waals surface area contributed by atoms with Crippen molar-refractivity contribution < 1.29 is 4.74 Å². The maximum Gasteiger partial charge on any atom is 0.251 e. The van der Waals surface area contributed by atoms with Crippen LogP contribution in [-0.2, 0) is 0 Å². The Kier molecular flexibility index (Phi) is 4.63. The van der Waals surface area contributed by atoms with Crippen LogP contribution in [0.4, 0.5) is 0 Å². The van der Waals surface area contributed by atoms with Gasteiger partial charge in [-0.15, -0.1) is 0 Å². The summed E-state index contributed by atoms with van der Waals surface area (Å²) >= 11 is 1.48. The van der Waals surface area contributed by atoms with Crippen molar-refractivity contribution >= 4 is 11.8 Å². The molecule has 0 aliphatic carbocycles. The fourth-order valence-electron chi connectivity index (χ4n) is 1.63. The summed E-state index contributed by atoms with van der Waals surface area (Å²) in [6, 6.07) is 9.39. The van der Waals surface area contributed by atoms with Crippen LogP contribution in [0.2, 0.25) is 0 Å². The van der Waals surface area contributed by atoms with Gasteiger partial charge in [-0.05, 0) is 25.5 Å². The molecule has 0 radical (unpaired) electrons. The molecule has 1 aromatic carbocycles. The Labute approximate surface area is 116 Å². The van der Waals surface area contributed by atoms with Gasteiger partial charge in [0.05, 0.1) is 6.61 Å². The van der Waals surface area contributed by atoms with E-state index >= 15 is 0 Å². The van der Waals surface area contributed by atoms with E-state index in [9.17, 15) is 4.79 Å². The fraction of sp³-hybridized carbons (Fsp3) is 0.286. The van der Waals surface area contributed by atoms with Crippen molar-refractivity contribution in [2.75, 3.05) is 12.4 Å². The van der Waals surface area contributed by atoms with Gasteiger partial charge in [0.25, 0.3) is 5.56 Å². The topological polar surface area (TPSA) is 55.0 Å². The van der Waals surface area contributed by atoms with Crippen molar-refractivity contribution in [1.82, 2.24) is 9.97 Å². The minimum absolute atomic E-state index is 0.116. The summed E-state index contributed by atoms with van der Waals surface area (Å²) in [5.74, 6) is 1.63. The van der Waals surface area contributed by atoms with E-state index in [1.54, 1.807) is 0 Å². The summed E-state index contributed by atoms with van der Waals surface area (Å²) in [5.41, 5.74) is 1.73. The molecule has 2 aromatic rings. The first-order valence-electron chi connectivity index (χ1n) is 6.04. The highest BCUT2D eigenvalue weighted by Gasteiger charge is 2.01. The Balaban J connectivity index is 1.84. The number of nitrogens with one attached hydrogen (secondary N) is 1. The normalized spacial score (nSPS) is 10.4. The van der Waals surface area contributed by atoms with Crippen LogP contribution in [0.5, 0.6) is 5.75 Å². The molecule has 0 fully saturated rings. The van der Waals surface area contributed by atoms with Crippen LogP contribution in [0.3, 0.4) is 0 Å². The molecule has 0 saturated carbocycles. The molecular formula is C14H16N2O2S. The van der Waals surface area contributed by atoms with Crippen LogP contribution < -0.4 is 10.3 Å². The molecule has 1 heterocycles. The average Bonchev–Trinajstić information content (AvgIpc) is 2.35. The maximum absolute atomic E-state index is 11.3.